The number of benzene rings is 1. The number of aromatic nitrogens is 2. The number of hydrogen-bond donors (Lipinski definition) is 1. The molecule has 0 saturated heterocycles. The number of carbonyl (C=O) groups excluding carboxylic acids is 1. The predicted octanol–water partition coefficient (Wildman–Crippen LogP) is 2.16. The Morgan fingerprint density at radius 3 is 2.71 bits per heavy atom. The average molecular weight is 335 g/mol. The Balaban J connectivity index is 1.99. The number of rotatable bonds is 8. The van der Waals surface area contributed by atoms with Gasteiger partial charge in [-0.3, -0.25) is 4.79 Å². The lowest BCUT2D eigenvalue weighted by molar-refractivity contribution is -0.126. The van der Waals surface area contributed by atoms with Gasteiger partial charge in [-0.15, -0.1) is 0 Å². The first-order valence-electron chi connectivity index (χ1n) is 7.69. The van der Waals surface area contributed by atoms with E-state index in [0.29, 0.717) is 13.2 Å². The summed E-state index contributed by atoms with van der Waals surface area (Å²) in [6.07, 6.45) is 1.70. The van der Waals surface area contributed by atoms with Crippen molar-refractivity contribution in [1.82, 2.24) is 15.1 Å². The van der Waals surface area contributed by atoms with Crippen molar-refractivity contribution in [3.8, 4) is 5.69 Å². The number of carbonyl (C=O) groups is 1. The largest absolute Gasteiger partial charge is 0.382 e. The molecule has 1 amide bonds. The molecule has 1 aromatic carbocycles. The number of amides is 1. The summed E-state index contributed by atoms with van der Waals surface area (Å²) in [6, 6.07) is 5.88. The lowest BCUT2D eigenvalue weighted by Crippen LogP contribution is -2.30. The highest BCUT2D eigenvalue weighted by Crippen LogP contribution is 2.20. The molecule has 1 heterocycles. The second-order valence-electron chi connectivity index (χ2n) is 5.41. The van der Waals surface area contributed by atoms with E-state index in [4.69, 9.17) is 9.47 Å². The van der Waals surface area contributed by atoms with Gasteiger partial charge >= 0.3 is 0 Å². The fraction of sp³-hybridized carbons (Fsp3) is 0.412. The van der Waals surface area contributed by atoms with Crippen molar-refractivity contribution in [2.75, 3.05) is 26.9 Å². The van der Waals surface area contributed by atoms with Gasteiger partial charge in [-0.05, 0) is 38.1 Å². The smallest absolute Gasteiger partial charge is 0.246 e. The lowest BCUT2D eigenvalue weighted by Gasteiger charge is -2.14. The van der Waals surface area contributed by atoms with E-state index in [9.17, 15) is 9.18 Å². The van der Waals surface area contributed by atoms with Gasteiger partial charge in [0.25, 0.3) is 0 Å². The van der Waals surface area contributed by atoms with Crippen LogP contribution in [0.2, 0.25) is 0 Å². The molecule has 2 aromatic rings. The van der Waals surface area contributed by atoms with Crippen LogP contribution in [0.1, 0.15) is 24.2 Å². The summed E-state index contributed by atoms with van der Waals surface area (Å²) in [4.78, 5) is 11.9. The summed E-state index contributed by atoms with van der Waals surface area (Å²) in [5.41, 5.74) is 2.54. The van der Waals surface area contributed by atoms with Gasteiger partial charge in [0, 0.05) is 18.4 Å². The Bertz CT molecular complexity index is 670. The van der Waals surface area contributed by atoms with Crippen LogP contribution in [-0.2, 0) is 14.3 Å². The molecule has 0 fully saturated rings. The van der Waals surface area contributed by atoms with Crippen LogP contribution < -0.4 is 5.32 Å². The fourth-order valence-corrected chi connectivity index (χ4v) is 2.36. The van der Waals surface area contributed by atoms with Crippen molar-refractivity contribution in [2.45, 2.75) is 19.9 Å². The molecule has 24 heavy (non-hydrogen) atoms. The van der Waals surface area contributed by atoms with Gasteiger partial charge in [-0.2, -0.15) is 5.10 Å². The molecule has 2 rings (SSSR count). The number of nitrogens with one attached hydrogen (secondary N) is 1. The van der Waals surface area contributed by atoms with Gasteiger partial charge in [-0.25, -0.2) is 9.07 Å². The standard InChI is InChI=1S/C17H22FN3O3/c1-12(20-17(22)11-24-9-8-23-3)16-10-19-21(13(16)2)15-6-4-14(18)5-7-15/h4-7,10,12H,8-9,11H2,1-3H3,(H,20,22). The third kappa shape index (κ3) is 4.62. The third-order valence-corrected chi connectivity index (χ3v) is 3.63. The third-order valence-electron chi connectivity index (χ3n) is 3.63. The highest BCUT2D eigenvalue weighted by atomic mass is 19.1. The molecule has 6 nitrogen and oxygen atoms in total. The molecule has 0 aliphatic rings. The summed E-state index contributed by atoms with van der Waals surface area (Å²) in [5.74, 6) is -0.495. The normalized spacial score (nSPS) is 12.2. The van der Waals surface area contributed by atoms with Gasteiger partial charge in [0.2, 0.25) is 5.91 Å². The zero-order valence-electron chi connectivity index (χ0n) is 14.1. The quantitative estimate of drug-likeness (QED) is 0.751. The molecule has 0 aliphatic heterocycles. The number of methoxy groups -OCH3 is 1. The second-order valence-corrected chi connectivity index (χ2v) is 5.41. The molecule has 1 unspecified atom stereocenters. The first-order valence-corrected chi connectivity index (χ1v) is 7.69. The van der Waals surface area contributed by atoms with Crippen LogP contribution in [0.25, 0.3) is 5.69 Å². The Hall–Kier alpha value is -2.25. The van der Waals surface area contributed by atoms with Gasteiger partial charge in [-0.1, -0.05) is 0 Å². The maximum Gasteiger partial charge on any atom is 0.246 e. The van der Waals surface area contributed by atoms with Crippen LogP contribution in [0.5, 0.6) is 0 Å². The zero-order valence-corrected chi connectivity index (χ0v) is 14.1. The van der Waals surface area contributed by atoms with Crippen molar-refractivity contribution in [2.24, 2.45) is 0 Å². The van der Waals surface area contributed by atoms with Gasteiger partial charge in [0.05, 0.1) is 31.1 Å². The lowest BCUT2D eigenvalue weighted by atomic mass is 10.1. The highest BCUT2D eigenvalue weighted by Gasteiger charge is 2.16. The predicted molar refractivity (Wildman–Crippen MR) is 87.5 cm³/mol. The number of halogens is 1. The fourth-order valence-electron chi connectivity index (χ4n) is 2.36. The van der Waals surface area contributed by atoms with E-state index in [1.807, 2.05) is 13.8 Å². The van der Waals surface area contributed by atoms with Crippen molar-refractivity contribution < 1.29 is 18.7 Å². The number of nitrogens with zero attached hydrogens (tertiary/aromatic N) is 2. The molecular formula is C17H22FN3O3. The van der Waals surface area contributed by atoms with Crippen molar-refractivity contribution in [1.29, 1.82) is 0 Å². The summed E-state index contributed by atoms with van der Waals surface area (Å²) in [6.45, 7) is 4.60. The first-order chi connectivity index (χ1) is 11.5. The van der Waals surface area contributed by atoms with E-state index < -0.39 is 0 Å². The van der Waals surface area contributed by atoms with E-state index in [1.54, 1.807) is 30.1 Å². The van der Waals surface area contributed by atoms with Gasteiger partial charge < -0.3 is 14.8 Å². The molecule has 0 saturated carbocycles. The summed E-state index contributed by atoms with van der Waals surface area (Å²) in [5, 5.41) is 7.20. The van der Waals surface area contributed by atoms with Crippen LogP contribution >= 0.6 is 0 Å². The molecule has 130 valence electrons. The summed E-state index contributed by atoms with van der Waals surface area (Å²) >= 11 is 0. The molecular weight excluding hydrogens is 313 g/mol. The van der Waals surface area contributed by atoms with Gasteiger partial charge in [0.1, 0.15) is 12.4 Å². The van der Waals surface area contributed by atoms with Crippen LogP contribution in [0.15, 0.2) is 30.5 Å². The number of ether oxygens (including phenoxy) is 2. The van der Waals surface area contributed by atoms with Crippen LogP contribution in [0.3, 0.4) is 0 Å². The van der Waals surface area contributed by atoms with E-state index in [0.717, 1.165) is 16.9 Å². The second kappa shape index (κ2) is 8.56. The van der Waals surface area contributed by atoms with Crippen molar-refractivity contribution in [3.05, 3.63) is 47.5 Å². The zero-order chi connectivity index (χ0) is 17.5. The molecule has 7 heteroatoms. The van der Waals surface area contributed by atoms with E-state index >= 15 is 0 Å². The van der Waals surface area contributed by atoms with Crippen LogP contribution in [0.4, 0.5) is 4.39 Å². The number of hydrogen-bond acceptors (Lipinski definition) is 4. The Morgan fingerprint density at radius 1 is 1.33 bits per heavy atom. The molecule has 1 aromatic heterocycles. The van der Waals surface area contributed by atoms with Gasteiger partial charge in [0.15, 0.2) is 0 Å². The first kappa shape index (κ1) is 18.1. The maximum absolute atomic E-state index is 13.0. The van der Waals surface area contributed by atoms with Crippen LogP contribution in [-0.4, -0.2) is 42.6 Å². The maximum atomic E-state index is 13.0. The summed E-state index contributed by atoms with van der Waals surface area (Å²) < 4.78 is 24.8. The van der Waals surface area contributed by atoms with E-state index in [2.05, 4.69) is 10.4 Å². The molecule has 0 radical (unpaired) electrons. The average Bonchev–Trinajstić information content (AvgIpc) is 2.94. The molecule has 0 aliphatic carbocycles. The molecule has 0 bridgehead atoms. The van der Waals surface area contributed by atoms with Crippen molar-refractivity contribution in [3.63, 3.8) is 0 Å². The topological polar surface area (TPSA) is 65.4 Å². The Labute approximate surface area is 140 Å². The Kier molecular flexibility index (Phi) is 6.45. The minimum atomic E-state index is -0.294. The van der Waals surface area contributed by atoms with Crippen molar-refractivity contribution >= 4 is 5.91 Å². The highest BCUT2D eigenvalue weighted by molar-refractivity contribution is 5.77. The minimum Gasteiger partial charge on any atom is -0.382 e. The van der Waals surface area contributed by atoms with E-state index in [1.165, 1.54) is 12.1 Å². The molecule has 1 atom stereocenters. The minimum absolute atomic E-state index is 0.0150. The summed E-state index contributed by atoms with van der Waals surface area (Å²) in [7, 11) is 1.58. The van der Waals surface area contributed by atoms with Crippen LogP contribution in [0, 0.1) is 12.7 Å². The monoisotopic (exact) mass is 335 g/mol. The Morgan fingerprint density at radius 2 is 2.04 bits per heavy atom. The SMILES string of the molecule is COCCOCC(=O)NC(C)c1cnn(-c2ccc(F)cc2)c1C. The molecule has 1 N–H and O–H groups in total. The van der Waals surface area contributed by atoms with E-state index in [-0.39, 0.29) is 24.4 Å². The molecule has 0 spiro atoms.